The predicted molar refractivity (Wildman–Crippen MR) is 62.1 cm³/mol. The number of nitrogens with zero attached hydrogens (tertiary/aromatic N) is 2. The van der Waals surface area contributed by atoms with Crippen LogP contribution in [0.4, 0.5) is 5.82 Å². The number of aromatic nitrogens is 1. The van der Waals surface area contributed by atoms with Crippen molar-refractivity contribution in [1.29, 1.82) is 0 Å². The smallest absolute Gasteiger partial charge is 0.165 e. The van der Waals surface area contributed by atoms with Gasteiger partial charge in [-0.15, -0.1) is 0 Å². The van der Waals surface area contributed by atoms with E-state index < -0.39 is 9.73 Å². The van der Waals surface area contributed by atoms with Crippen molar-refractivity contribution in [2.75, 3.05) is 18.6 Å². The standard InChI is InChI=1S/C10H16N2O2S/c1-4-15(13,5-2)12-10-8-9(14-3)6-7-11-10/h6-8H,4-5H2,1-3H3. The second kappa shape index (κ2) is 5.11. The quantitative estimate of drug-likeness (QED) is 0.794. The molecular formula is C10H16N2O2S. The van der Waals surface area contributed by atoms with Crippen molar-refractivity contribution in [3.8, 4) is 5.75 Å². The number of hydrogen-bond donors (Lipinski definition) is 0. The molecule has 1 aromatic heterocycles. The van der Waals surface area contributed by atoms with E-state index in [1.54, 1.807) is 25.4 Å². The van der Waals surface area contributed by atoms with E-state index in [-0.39, 0.29) is 0 Å². The van der Waals surface area contributed by atoms with E-state index in [1.807, 2.05) is 13.8 Å². The zero-order chi connectivity index (χ0) is 11.3. The van der Waals surface area contributed by atoms with E-state index in [4.69, 9.17) is 4.74 Å². The molecule has 0 saturated heterocycles. The Kier molecular flexibility index (Phi) is 4.08. The van der Waals surface area contributed by atoms with Gasteiger partial charge in [-0.1, -0.05) is 13.8 Å². The van der Waals surface area contributed by atoms with Gasteiger partial charge in [0.1, 0.15) is 5.75 Å². The average molecular weight is 228 g/mol. The minimum Gasteiger partial charge on any atom is -0.497 e. The third kappa shape index (κ3) is 3.20. The van der Waals surface area contributed by atoms with Gasteiger partial charge in [0.25, 0.3) is 0 Å². The molecule has 0 bridgehead atoms. The summed E-state index contributed by atoms with van der Waals surface area (Å²) in [7, 11) is -0.557. The molecule has 0 aliphatic rings. The zero-order valence-electron chi connectivity index (χ0n) is 9.27. The Labute approximate surface area is 90.9 Å². The van der Waals surface area contributed by atoms with Crippen LogP contribution in [-0.4, -0.2) is 27.8 Å². The van der Waals surface area contributed by atoms with Crippen molar-refractivity contribution in [3.05, 3.63) is 18.3 Å². The third-order valence-electron chi connectivity index (χ3n) is 2.11. The van der Waals surface area contributed by atoms with Crippen LogP contribution >= 0.6 is 0 Å². The van der Waals surface area contributed by atoms with Gasteiger partial charge >= 0.3 is 0 Å². The fourth-order valence-corrected chi connectivity index (χ4v) is 2.19. The fourth-order valence-electron chi connectivity index (χ4n) is 1.08. The summed E-state index contributed by atoms with van der Waals surface area (Å²) >= 11 is 0. The van der Waals surface area contributed by atoms with E-state index in [2.05, 4.69) is 9.35 Å². The lowest BCUT2D eigenvalue weighted by Gasteiger charge is -2.04. The van der Waals surface area contributed by atoms with Crippen LogP contribution in [0, 0.1) is 0 Å². The van der Waals surface area contributed by atoms with Crippen LogP contribution in [0.15, 0.2) is 22.7 Å². The lowest BCUT2D eigenvalue weighted by molar-refractivity contribution is 0.414. The largest absolute Gasteiger partial charge is 0.497 e. The summed E-state index contributed by atoms with van der Waals surface area (Å²) < 4.78 is 21.3. The summed E-state index contributed by atoms with van der Waals surface area (Å²) in [5.41, 5.74) is 0. The highest BCUT2D eigenvalue weighted by Gasteiger charge is 2.04. The van der Waals surface area contributed by atoms with Crippen molar-refractivity contribution in [1.82, 2.24) is 4.98 Å². The highest BCUT2D eigenvalue weighted by Crippen LogP contribution is 2.18. The Hall–Kier alpha value is -1.10. The number of ether oxygens (including phenoxy) is 1. The molecule has 0 atom stereocenters. The molecule has 0 saturated carbocycles. The minimum absolute atomic E-state index is 0.475. The Bertz CT molecular complexity index is 427. The molecule has 0 aromatic carbocycles. The van der Waals surface area contributed by atoms with Gasteiger partial charge in [0.2, 0.25) is 0 Å². The van der Waals surface area contributed by atoms with Crippen LogP contribution in [-0.2, 0) is 9.73 Å². The fraction of sp³-hybridized carbons (Fsp3) is 0.500. The van der Waals surface area contributed by atoms with Crippen LogP contribution in [0.25, 0.3) is 0 Å². The monoisotopic (exact) mass is 228 g/mol. The molecule has 84 valence electrons. The number of rotatable bonds is 4. The molecule has 1 rings (SSSR count). The first-order chi connectivity index (χ1) is 7.13. The first-order valence-electron chi connectivity index (χ1n) is 4.86. The van der Waals surface area contributed by atoms with E-state index in [0.29, 0.717) is 23.1 Å². The maximum atomic E-state index is 12.0. The highest BCUT2D eigenvalue weighted by atomic mass is 32.2. The van der Waals surface area contributed by atoms with Crippen molar-refractivity contribution in [3.63, 3.8) is 0 Å². The van der Waals surface area contributed by atoms with Crippen molar-refractivity contribution >= 4 is 15.5 Å². The highest BCUT2D eigenvalue weighted by molar-refractivity contribution is 7.93. The maximum Gasteiger partial charge on any atom is 0.165 e. The van der Waals surface area contributed by atoms with Gasteiger partial charge in [0, 0.05) is 23.8 Å². The van der Waals surface area contributed by atoms with E-state index in [0.717, 1.165) is 0 Å². The average Bonchev–Trinajstić information content (AvgIpc) is 2.29. The molecule has 5 heteroatoms. The first kappa shape index (κ1) is 12.0. The van der Waals surface area contributed by atoms with Crippen molar-refractivity contribution in [2.45, 2.75) is 13.8 Å². The summed E-state index contributed by atoms with van der Waals surface area (Å²) in [6.45, 7) is 3.74. The Morgan fingerprint density at radius 1 is 1.47 bits per heavy atom. The Morgan fingerprint density at radius 2 is 2.13 bits per heavy atom. The second-order valence-corrected chi connectivity index (χ2v) is 5.88. The van der Waals surface area contributed by atoms with Crippen molar-refractivity contribution < 1.29 is 8.95 Å². The molecule has 0 amide bonds. The molecule has 4 nitrogen and oxygen atoms in total. The molecule has 0 fully saturated rings. The van der Waals surface area contributed by atoms with Gasteiger partial charge in [-0.05, 0) is 6.07 Å². The Balaban J connectivity index is 3.12. The van der Waals surface area contributed by atoms with E-state index in [1.165, 1.54) is 0 Å². The summed E-state index contributed by atoms with van der Waals surface area (Å²) in [6, 6.07) is 3.42. The molecule has 1 heterocycles. The third-order valence-corrected chi connectivity index (χ3v) is 4.44. The maximum absolute atomic E-state index is 12.0. The second-order valence-electron chi connectivity index (χ2n) is 3.00. The first-order valence-corrected chi connectivity index (χ1v) is 6.71. The van der Waals surface area contributed by atoms with E-state index >= 15 is 0 Å². The summed E-state index contributed by atoms with van der Waals surface area (Å²) in [4.78, 5) is 4.04. The van der Waals surface area contributed by atoms with Gasteiger partial charge in [0.05, 0.1) is 16.8 Å². The van der Waals surface area contributed by atoms with Gasteiger partial charge in [-0.2, -0.15) is 4.36 Å². The normalized spacial score (nSPS) is 11.1. The number of methoxy groups -OCH3 is 1. The lowest BCUT2D eigenvalue weighted by atomic mass is 10.4. The van der Waals surface area contributed by atoms with Gasteiger partial charge in [-0.3, -0.25) is 0 Å². The van der Waals surface area contributed by atoms with Crippen LogP contribution in [0.2, 0.25) is 0 Å². The minimum atomic E-state index is -2.14. The Morgan fingerprint density at radius 3 is 2.67 bits per heavy atom. The molecule has 0 aliphatic heterocycles. The van der Waals surface area contributed by atoms with Crippen LogP contribution in [0.1, 0.15) is 13.8 Å². The van der Waals surface area contributed by atoms with Crippen LogP contribution < -0.4 is 4.74 Å². The van der Waals surface area contributed by atoms with Gasteiger partial charge in [0.15, 0.2) is 5.82 Å². The topological polar surface area (TPSA) is 51.5 Å². The molecule has 0 aliphatic carbocycles. The van der Waals surface area contributed by atoms with Gasteiger partial charge in [-0.25, -0.2) is 9.19 Å². The number of pyridine rings is 1. The summed E-state index contributed by atoms with van der Waals surface area (Å²) in [5.74, 6) is 2.24. The molecule has 0 unspecified atom stereocenters. The molecule has 0 spiro atoms. The molecule has 0 N–H and O–H groups in total. The molecule has 15 heavy (non-hydrogen) atoms. The molecular weight excluding hydrogens is 212 g/mol. The van der Waals surface area contributed by atoms with Crippen LogP contribution in [0.3, 0.4) is 0 Å². The molecule has 0 radical (unpaired) electrons. The summed E-state index contributed by atoms with van der Waals surface area (Å²) in [6.07, 6.45) is 1.60. The van der Waals surface area contributed by atoms with Gasteiger partial charge < -0.3 is 4.74 Å². The van der Waals surface area contributed by atoms with E-state index in [9.17, 15) is 4.21 Å². The summed E-state index contributed by atoms with van der Waals surface area (Å²) in [5, 5.41) is 0. The van der Waals surface area contributed by atoms with Crippen molar-refractivity contribution in [2.24, 2.45) is 4.36 Å². The van der Waals surface area contributed by atoms with Crippen LogP contribution in [0.5, 0.6) is 5.75 Å². The lowest BCUT2D eigenvalue weighted by Crippen LogP contribution is -2.05. The SMILES string of the molecule is CCS(=O)(CC)=Nc1cc(OC)ccn1. The predicted octanol–water partition coefficient (Wildman–Crippen LogP) is 2.23. The number of hydrogen-bond acceptors (Lipinski definition) is 4. The zero-order valence-corrected chi connectivity index (χ0v) is 10.1. The molecule has 1 aromatic rings.